The molecule has 1 N–H and O–H groups in total. The van der Waals surface area contributed by atoms with Crippen molar-refractivity contribution in [3.05, 3.63) is 52.8 Å². The molecule has 0 aliphatic heterocycles. The Kier molecular flexibility index (Phi) is 3.82. The van der Waals surface area contributed by atoms with Gasteiger partial charge in [0.2, 0.25) is 0 Å². The van der Waals surface area contributed by atoms with Crippen LogP contribution in [0.5, 0.6) is 5.75 Å². The van der Waals surface area contributed by atoms with Crippen molar-refractivity contribution < 1.29 is 4.74 Å². The van der Waals surface area contributed by atoms with Crippen molar-refractivity contribution in [3.63, 3.8) is 0 Å². The number of rotatable bonds is 3. The Labute approximate surface area is 131 Å². The fourth-order valence-electron chi connectivity index (χ4n) is 1.97. The summed E-state index contributed by atoms with van der Waals surface area (Å²) in [5, 5.41) is 5.11. The van der Waals surface area contributed by atoms with E-state index < -0.39 is 0 Å². The molecule has 21 heavy (non-hydrogen) atoms. The van der Waals surface area contributed by atoms with Crippen LogP contribution in [0.1, 0.15) is 0 Å². The van der Waals surface area contributed by atoms with Gasteiger partial charge in [0.25, 0.3) is 0 Å². The molecule has 0 aliphatic carbocycles. The third-order valence-electron chi connectivity index (χ3n) is 3.03. The van der Waals surface area contributed by atoms with Gasteiger partial charge in [-0.25, -0.2) is 9.97 Å². The molecule has 4 nitrogen and oxygen atoms in total. The summed E-state index contributed by atoms with van der Waals surface area (Å²) in [6.07, 6.45) is 1.50. The second-order valence-electron chi connectivity index (χ2n) is 4.36. The van der Waals surface area contributed by atoms with Crippen LogP contribution in [0.2, 0.25) is 10.0 Å². The predicted octanol–water partition coefficient (Wildman–Crippen LogP) is 4.69. The Hall–Kier alpha value is -2.04. The maximum absolute atomic E-state index is 6.02. The number of nitrogens with zero attached hydrogens (tertiary/aromatic N) is 2. The van der Waals surface area contributed by atoms with E-state index in [1.165, 1.54) is 6.33 Å². The standard InChI is InChI=1S/C15H11Cl2N3O/c1-21-10-3-4-11-14(7-10)18-8-19-15(11)20-9-2-5-12(16)13(17)6-9/h2-8H,1H3,(H,18,19,20). The van der Waals surface area contributed by atoms with Crippen LogP contribution in [0, 0.1) is 0 Å². The van der Waals surface area contributed by atoms with Crippen LogP contribution in [-0.4, -0.2) is 17.1 Å². The van der Waals surface area contributed by atoms with Crippen molar-refractivity contribution in [2.45, 2.75) is 0 Å². The third-order valence-corrected chi connectivity index (χ3v) is 3.77. The van der Waals surface area contributed by atoms with Crippen LogP contribution < -0.4 is 10.1 Å². The number of anilines is 2. The highest BCUT2D eigenvalue weighted by Gasteiger charge is 2.06. The largest absolute Gasteiger partial charge is 0.497 e. The molecule has 0 aliphatic rings. The second-order valence-corrected chi connectivity index (χ2v) is 5.17. The summed E-state index contributed by atoms with van der Waals surface area (Å²) in [5.74, 6) is 1.45. The molecule has 3 aromatic rings. The van der Waals surface area contributed by atoms with Crippen LogP contribution in [0.15, 0.2) is 42.7 Å². The fourth-order valence-corrected chi connectivity index (χ4v) is 2.27. The molecule has 0 amide bonds. The van der Waals surface area contributed by atoms with Gasteiger partial charge in [-0.2, -0.15) is 0 Å². The Bertz CT molecular complexity index is 808. The molecule has 0 spiro atoms. The molecule has 0 fully saturated rings. The fraction of sp³-hybridized carbons (Fsp3) is 0.0667. The van der Waals surface area contributed by atoms with E-state index in [-0.39, 0.29) is 0 Å². The number of fused-ring (bicyclic) bond motifs is 1. The van der Waals surface area contributed by atoms with Gasteiger partial charge in [0.05, 0.1) is 22.7 Å². The molecular weight excluding hydrogens is 309 g/mol. The average molecular weight is 320 g/mol. The van der Waals surface area contributed by atoms with Crippen LogP contribution >= 0.6 is 23.2 Å². The van der Waals surface area contributed by atoms with Crippen LogP contribution in [-0.2, 0) is 0 Å². The lowest BCUT2D eigenvalue weighted by atomic mass is 10.2. The molecule has 6 heteroatoms. The molecule has 1 aromatic heterocycles. The SMILES string of the molecule is COc1ccc2c(Nc3ccc(Cl)c(Cl)c3)ncnc2c1. The monoisotopic (exact) mass is 319 g/mol. The number of ether oxygens (including phenoxy) is 1. The highest BCUT2D eigenvalue weighted by atomic mass is 35.5. The number of nitrogens with one attached hydrogen (secondary N) is 1. The highest BCUT2D eigenvalue weighted by Crippen LogP contribution is 2.29. The molecule has 0 atom stereocenters. The third kappa shape index (κ3) is 2.86. The van der Waals surface area contributed by atoms with Crippen molar-refractivity contribution in [1.82, 2.24) is 9.97 Å². The molecule has 0 bridgehead atoms. The van der Waals surface area contributed by atoms with Gasteiger partial charge >= 0.3 is 0 Å². The Morgan fingerprint density at radius 3 is 2.62 bits per heavy atom. The first-order valence-electron chi connectivity index (χ1n) is 6.18. The summed E-state index contributed by atoms with van der Waals surface area (Å²) in [6.45, 7) is 0. The van der Waals surface area contributed by atoms with E-state index in [4.69, 9.17) is 27.9 Å². The second kappa shape index (κ2) is 5.76. The summed E-state index contributed by atoms with van der Waals surface area (Å²) >= 11 is 11.9. The quantitative estimate of drug-likeness (QED) is 0.760. The minimum atomic E-state index is 0.488. The average Bonchev–Trinajstić information content (AvgIpc) is 2.50. The highest BCUT2D eigenvalue weighted by molar-refractivity contribution is 6.42. The molecule has 0 radical (unpaired) electrons. The van der Waals surface area contributed by atoms with Crippen LogP contribution in [0.3, 0.4) is 0 Å². The van der Waals surface area contributed by atoms with Crippen molar-refractivity contribution in [1.29, 1.82) is 0 Å². The van der Waals surface area contributed by atoms with Gasteiger partial charge in [-0.05, 0) is 30.3 Å². The smallest absolute Gasteiger partial charge is 0.141 e. The van der Waals surface area contributed by atoms with E-state index in [1.807, 2.05) is 24.3 Å². The number of benzene rings is 2. The first kappa shape index (κ1) is 13.9. The van der Waals surface area contributed by atoms with E-state index in [0.717, 1.165) is 22.3 Å². The number of hydrogen-bond donors (Lipinski definition) is 1. The van der Waals surface area contributed by atoms with Crippen LogP contribution in [0.4, 0.5) is 11.5 Å². The van der Waals surface area contributed by atoms with E-state index in [1.54, 1.807) is 19.2 Å². The molecule has 0 unspecified atom stereocenters. The van der Waals surface area contributed by atoms with Crippen molar-refractivity contribution in [2.75, 3.05) is 12.4 Å². The van der Waals surface area contributed by atoms with Crippen molar-refractivity contribution >= 4 is 45.6 Å². The molecule has 3 rings (SSSR count). The summed E-state index contributed by atoms with van der Waals surface area (Å²) in [4.78, 5) is 8.52. The summed E-state index contributed by atoms with van der Waals surface area (Å²) < 4.78 is 5.20. The molecule has 2 aromatic carbocycles. The lowest BCUT2D eigenvalue weighted by Crippen LogP contribution is -1.96. The molecule has 106 valence electrons. The summed E-state index contributed by atoms with van der Waals surface area (Å²) in [7, 11) is 1.62. The van der Waals surface area contributed by atoms with Gasteiger partial charge in [-0.3, -0.25) is 0 Å². The van der Waals surface area contributed by atoms with Gasteiger partial charge in [0, 0.05) is 17.1 Å². The first-order chi connectivity index (χ1) is 10.2. The number of aromatic nitrogens is 2. The number of hydrogen-bond acceptors (Lipinski definition) is 4. The molecule has 0 saturated heterocycles. The molecular formula is C15H11Cl2N3O. The topological polar surface area (TPSA) is 47.0 Å². The van der Waals surface area contributed by atoms with Gasteiger partial charge in [0.15, 0.2) is 0 Å². The Morgan fingerprint density at radius 1 is 1.00 bits per heavy atom. The summed E-state index contributed by atoms with van der Waals surface area (Å²) in [5.41, 5.74) is 1.60. The minimum Gasteiger partial charge on any atom is -0.497 e. The Morgan fingerprint density at radius 2 is 1.86 bits per heavy atom. The maximum Gasteiger partial charge on any atom is 0.141 e. The number of methoxy groups -OCH3 is 1. The predicted molar refractivity (Wildman–Crippen MR) is 85.8 cm³/mol. The molecule has 0 saturated carbocycles. The zero-order valence-corrected chi connectivity index (χ0v) is 12.6. The van der Waals surface area contributed by atoms with Gasteiger partial charge in [-0.1, -0.05) is 23.2 Å². The van der Waals surface area contributed by atoms with E-state index in [0.29, 0.717) is 15.9 Å². The van der Waals surface area contributed by atoms with E-state index in [2.05, 4.69) is 15.3 Å². The van der Waals surface area contributed by atoms with E-state index >= 15 is 0 Å². The zero-order valence-electron chi connectivity index (χ0n) is 11.1. The van der Waals surface area contributed by atoms with E-state index in [9.17, 15) is 0 Å². The lowest BCUT2D eigenvalue weighted by molar-refractivity contribution is 0.415. The van der Waals surface area contributed by atoms with Crippen molar-refractivity contribution in [2.24, 2.45) is 0 Å². The van der Waals surface area contributed by atoms with Crippen molar-refractivity contribution in [3.8, 4) is 5.75 Å². The number of halogens is 2. The van der Waals surface area contributed by atoms with Gasteiger partial charge in [0.1, 0.15) is 17.9 Å². The lowest BCUT2D eigenvalue weighted by Gasteiger charge is -2.09. The maximum atomic E-state index is 6.02. The first-order valence-corrected chi connectivity index (χ1v) is 6.94. The van der Waals surface area contributed by atoms with Crippen LogP contribution in [0.25, 0.3) is 10.9 Å². The minimum absolute atomic E-state index is 0.488. The van der Waals surface area contributed by atoms with Gasteiger partial charge < -0.3 is 10.1 Å². The molecule has 1 heterocycles. The zero-order chi connectivity index (χ0) is 14.8. The normalized spacial score (nSPS) is 10.6. The summed E-state index contributed by atoms with van der Waals surface area (Å²) in [6, 6.07) is 11.0. The Balaban J connectivity index is 2.02. The van der Waals surface area contributed by atoms with Gasteiger partial charge in [-0.15, -0.1) is 0 Å².